The molecule has 3 heterocycles. The predicted molar refractivity (Wildman–Crippen MR) is 127 cm³/mol. The van der Waals surface area contributed by atoms with Gasteiger partial charge >= 0.3 is 0 Å². The molecule has 6 heteroatoms. The van der Waals surface area contributed by atoms with Gasteiger partial charge in [-0.1, -0.05) is 24.3 Å². The van der Waals surface area contributed by atoms with Crippen molar-refractivity contribution in [1.29, 1.82) is 0 Å². The summed E-state index contributed by atoms with van der Waals surface area (Å²) in [5.74, 6) is 2.45. The summed E-state index contributed by atoms with van der Waals surface area (Å²) in [6.07, 6.45) is 8.38. The first-order valence-electron chi connectivity index (χ1n) is 10.3. The third kappa shape index (κ3) is 3.67. The van der Waals surface area contributed by atoms with Gasteiger partial charge in [0.05, 0.1) is 30.9 Å². The van der Waals surface area contributed by atoms with Crippen molar-refractivity contribution in [3.05, 3.63) is 85.2 Å². The van der Waals surface area contributed by atoms with Gasteiger partial charge in [0.25, 0.3) is 0 Å². The van der Waals surface area contributed by atoms with Gasteiger partial charge in [0.2, 0.25) is 0 Å². The normalized spacial score (nSPS) is 11.0. The van der Waals surface area contributed by atoms with Crippen LogP contribution in [0.25, 0.3) is 33.2 Å². The molecule has 0 aliphatic rings. The minimum absolute atomic E-state index is 0.739. The molecule has 3 aromatic heterocycles. The maximum absolute atomic E-state index is 5.66. The van der Waals surface area contributed by atoms with Crippen molar-refractivity contribution < 1.29 is 4.74 Å². The van der Waals surface area contributed by atoms with E-state index < -0.39 is 0 Å². The average Bonchev–Trinajstić information content (AvgIpc) is 3.17. The highest BCUT2D eigenvalue weighted by Gasteiger charge is 2.11. The highest BCUT2D eigenvalue weighted by atomic mass is 16.5. The lowest BCUT2D eigenvalue weighted by molar-refractivity contribution is 0.417. The van der Waals surface area contributed by atoms with Crippen molar-refractivity contribution >= 4 is 22.3 Å². The SMILES string of the molecule is COc1cc(-c2cnc(C)n2C)ccc1Nc1cc2cc(-c3cc[c]nc3)ccc2cn1. The van der Waals surface area contributed by atoms with Crippen LogP contribution in [0.1, 0.15) is 5.82 Å². The molecular formula is C26H22N5O. The summed E-state index contributed by atoms with van der Waals surface area (Å²) < 4.78 is 7.72. The van der Waals surface area contributed by atoms with Crippen LogP contribution in [0.4, 0.5) is 11.5 Å². The van der Waals surface area contributed by atoms with Gasteiger partial charge in [-0.15, -0.1) is 0 Å². The van der Waals surface area contributed by atoms with Crippen LogP contribution in [0.3, 0.4) is 0 Å². The Labute approximate surface area is 186 Å². The van der Waals surface area contributed by atoms with E-state index in [2.05, 4.69) is 55.3 Å². The molecule has 0 aliphatic heterocycles. The van der Waals surface area contributed by atoms with Crippen LogP contribution in [-0.2, 0) is 7.05 Å². The molecule has 157 valence electrons. The smallest absolute Gasteiger partial charge is 0.143 e. The number of imidazole rings is 1. The minimum atomic E-state index is 0.739. The van der Waals surface area contributed by atoms with Crippen LogP contribution in [0.2, 0.25) is 0 Å². The first kappa shape index (κ1) is 19.8. The molecule has 0 amide bonds. The van der Waals surface area contributed by atoms with E-state index in [0.717, 1.165) is 56.2 Å². The van der Waals surface area contributed by atoms with Crippen LogP contribution < -0.4 is 10.1 Å². The third-order valence-electron chi connectivity index (χ3n) is 5.65. The van der Waals surface area contributed by atoms with Gasteiger partial charge in [0.1, 0.15) is 17.4 Å². The number of pyridine rings is 2. The van der Waals surface area contributed by atoms with Gasteiger partial charge in [0.15, 0.2) is 0 Å². The largest absolute Gasteiger partial charge is 0.495 e. The molecule has 5 aromatic rings. The van der Waals surface area contributed by atoms with Gasteiger partial charge in [-0.25, -0.2) is 9.97 Å². The van der Waals surface area contributed by atoms with Crippen LogP contribution >= 0.6 is 0 Å². The Morgan fingerprint density at radius 2 is 1.75 bits per heavy atom. The molecule has 1 radical (unpaired) electrons. The number of nitrogens with zero attached hydrogens (tertiary/aromatic N) is 4. The van der Waals surface area contributed by atoms with Crippen LogP contribution in [0, 0.1) is 13.1 Å². The van der Waals surface area contributed by atoms with Crippen LogP contribution in [-0.4, -0.2) is 26.6 Å². The van der Waals surface area contributed by atoms with E-state index in [1.54, 1.807) is 7.11 Å². The van der Waals surface area contributed by atoms with Crippen molar-refractivity contribution in [1.82, 2.24) is 19.5 Å². The first-order valence-corrected chi connectivity index (χ1v) is 10.3. The monoisotopic (exact) mass is 420 g/mol. The van der Waals surface area contributed by atoms with E-state index in [0.29, 0.717) is 0 Å². The van der Waals surface area contributed by atoms with E-state index in [4.69, 9.17) is 4.74 Å². The first-order chi connectivity index (χ1) is 15.6. The number of aryl methyl sites for hydroxylation is 1. The molecule has 6 nitrogen and oxygen atoms in total. The Morgan fingerprint density at radius 1 is 0.875 bits per heavy atom. The Hall–Kier alpha value is -4.19. The van der Waals surface area contributed by atoms with Crippen LogP contribution in [0.15, 0.2) is 73.2 Å². The van der Waals surface area contributed by atoms with Crippen molar-refractivity contribution in [3.63, 3.8) is 0 Å². The molecule has 0 aliphatic carbocycles. The van der Waals surface area contributed by atoms with E-state index in [-0.39, 0.29) is 0 Å². The summed E-state index contributed by atoms with van der Waals surface area (Å²) >= 11 is 0. The number of hydrogen-bond donors (Lipinski definition) is 1. The van der Waals surface area contributed by atoms with Crippen molar-refractivity contribution in [2.45, 2.75) is 6.92 Å². The lowest BCUT2D eigenvalue weighted by atomic mass is 10.0. The fourth-order valence-corrected chi connectivity index (χ4v) is 3.74. The summed E-state index contributed by atoms with van der Waals surface area (Å²) in [6.45, 7) is 1.99. The average molecular weight is 420 g/mol. The van der Waals surface area contributed by atoms with Gasteiger partial charge in [-0.3, -0.25) is 4.98 Å². The number of hydrogen-bond acceptors (Lipinski definition) is 5. The second-order valence-corrected chi connectivity index (χ2v) is 7.60. The molecule has 1 N–H and O–H groups in total. The van der Waals surface area contributed by atoms with Crippen molar-refractivity contribution in [3.8, 4) is 28.1 Å². The van der Waals surface area contributed by atoms with E-state index >= 15 is 0 Å². The van der Waals surface area contributed by atoms with Gasteiger partial charge in [-0.2, -0.15) is 0 Å². The van der Waals surface area contributed by atoms with Crippen LogP contribution in [0.5, 0.6) is 5.75 Å². The second kappa shape index (κ2) is 8.15. The third-order valence-corrected chi connectivity index (χ3v) is 5.65. The number of fused-ring (bicyclic) bond motifs is 1. The maximum Gasteiger partial charge on any atom is 0.143 e. The lowest BCUT2D eigenvalue weighted by Crippen LogP contribution is -1.98. The Balaban J connectivity index is 1.47. The number of rotatable bonds is 5. The van der Waals surface area contributed by atoms with E-state index in [1.807, 2.05) is 62.9 Å². The Kier molecular flexibility index (Phi) is 5.03. The predicted octanol–water partition coefficient (Wildman–Crippen LogP) is 5.56. The molecule has 0 unspecified atom stereocenters. The molecule has 0 atom stereocenters. The fourth-order valence-electron chi connectivity index (χ4n) is 3.74. The number of benzene rings is 2. The molecule has 0 bridgehead atoms. The molecule has 32 heavy (non-hydrogen) atoms. The Morgan fingerprint density at radius 3 is 2.50 bits per heavy atom. The van der Waals surface area contributed by atoms with Crippen molar-refractivity contribution in [2.75, 3.05) is 12.4 Å². The molecule has 0 saturated carbocycles. The highest BCUT2D eigenvalue weighted by molar-refractivity contribution is 5.89. The molecule has 0 fully saturated rings. The quantitative estimate of drug-likeness (QED) is 0.403. The molecule has 0 spiro atoms. The van der Waals surface area contributed by atoms with Gasteiger partial charge in [0, 0.05) is 36.0 Å². The molecule has 5 rings (SSSR count). The molecular weight excluding hydrogens is 398 g/mol. The zero-order valence-corrected chi connectivity index (χ0v) is 18.1. The molecule has 2 aromatic carbocycles. The standard InChI is InChI=1S/C26H22N5O/c1-17-28-16-24(31(17)2)19-8-9-23(25(12-19)32-3)30-26-13-22-11-18(6-7-21(22)15-29-26)20-5-4-10-27-14-20/h4-9,11-16H,1-3H3,(H,29,30). The fraction of sp³-hybridized carbons (Fsp3) is 0.115. The minimum Gasteiger partial charge on any atom is -0.495 e. The zero-order valence-electron chi connectivity index (χ0n) is 18.1. The van der Waals surface area contributed by atoms with Gasteiger partial charge in [-0.05, 0) is 48.2 Å². The summed E-state index contributed by atoms with van der Waals surface area (Å²) in [6, 6.07) is 18.2. The van der Waals surface area contributed by atoms with Gasteiger partial charge < -0.3 is 14.6 Å². The number of methoxy groups -OCH3 is 1. The summed E-state index contributed by atoms with van der Waals surface area (Å²) in [4.78, 5) is 13.1. The summed E-state index contributed by atoms with van der Waals surface area (Å²) in [5, 5.41) is 5.56. The van der Waals surface area contributed by atoms with Crippen molar-refractivity contribution in [2.24, 2.45) is 7.05 Å². The number of nitrogens with one attached hydrogen (secondary N) is 1. The summed E-state index contributed by atoms with van der Waals surface area (Å²) in [7, 11) is 3.68. The number of ether oxygens (including phenoxy) is 1. The second-order valence-electron chi connectivity index (χ2n) is 7.60. The van der Waals surface area contributed by atoms with E-state index in [1.165, 1.54) is 0 Å². The number of anilines is 2. The highest BCUT2D eigenvalue weighted by Crippen LogP contribution is 2.33. The zero-order chi connectivity index (χ0) is 22.1. The lowest BCUT2D eigenvalue weighted by Gasteiger charge is -2.13. The molecule has 0 saturated heterocycles. The maximum atomic E-state index is 5.66. The number of aromatic nitrogens is 4. The Bertz CT molecular complexity index is 1410. The van der Waals surface area contributed by atoms with E-state index in [9.17, 15) is 0 Å². The topological polar surface area (TPSA) is 64.9 Å². The summed E-state index contributed by atoms with van der Waals surface area (Å²) in [5.41, 5.74) is 5.09.